The summed E-state index contributed by atoms with van der Waals surface area (Å²) in [6, 6.07) is 7.53. The fourth-order valence-corrected chi connectivity index (χ4v) is 1.61. The van der Waals surface area contributed by atoms with Gasteiger partial charge in [0, 0.05) is 12.1 Å². The molecule has 1 aromatic carbocycles. The van der Waals surface area contributed by atoms with Gasteiger partial charge in [0.1, 0.15) is 5.75 Å². The quantitative estimate of drug-likeness (QED) is 0.707. The van der Waals surface area contributed by atoms with E-state index in [2.05, 4.69) is 19.2 Å². The van der Waals surface area contributed by atoms with Crippen molar-refractivity contribution < 1.29 is 9.53 Å². The first-order chi connectivity index (χ1) is 8.76. The second-order valence-corrected chi connectivity index (χ2v) is 4.38. The second kappa shape index (κ2) is 8.56. The normalized spacial score (nSPS) is 10.1. The number of nitrogens with one attached hydrogen (secondary N) is 1. The average Bonchev–Trinajstić information content (AvgIpc) is 2.38. The average molecular weight is 249 g/mol. The Morgan fingerprint density at radius 1 is 1.11 bits per heavy atom. The van der Waals surface area contributed by atoms with E-state index in [0.717, 1.165) is 43.7 Å². The van der Waals surface area contributed by atoms with Crippen molar-refractivity contribution in [3.05, 3.63) is 24.3 Å². The number of hydrogen-bond donors (Lipinski definition) is 1. The Hall–Kier alpha value is -1.51. The third-order valence-electron chi connectivity index (χ3n) is 2.62. The maximum absolute atomic E-state index is 11.6. The summed E-state index contributed by atoms with van der Waals surface area (Å²) in [6.07, 6.45) is 4.80. The zero-order valence-corrected chi connectivity index (χ0v) is 11.4. The molecule has 0 bridgehead atoms. The predicted molar refractivity (Wildman–Crippen MR) is 75.0 cm³/mol. The lowest BCUT2D eigenvalue weighted by atomic mass is 10.2. The van der Waals surface area contributed by atoms with Crippen LogP contribution in [0.25, 0.3) is 0 Å². The summed E-state index contributed by atoms with van der Waals surface area (Å²) in [7, 11) is 0. The van der Waals surface area contributed by atoms with Gasteiger partial charge in [-0.25, -0.2) is 0 Å². The van der Waals surface area contributed by atoms with E-state index in [1.807, 2.05) is 24.3 Å². The Morgan fingerprint density at radius 2 is 1.83 bits per heavy atom. The van der Waals surface area contributed by atoms with Gasteiger partial charge in [-0.15, -0.1) is 0 Å². The minimum atomic E-state index is 0.0886. The lowest BCUT2D eigenvalue weighted by molar-refractivity contribution is -0.116. The molecule has 0 unspecified atom stereocenters. The van der Waals surface area contributed by atoms with Crippen LogP contribution in [-0.4, -0.2) is 12.5 Å². The van der Waals surface area contributed by atoms with E-state index in [4.69, 9.17) is 4.74 Å². The van der Waals surface area contributed by atoms with E-state index >= 15 is 0 Å². The molecule has 1 amide bonds. The van der Waals surface area contributed by atoms with E-state index in [0.29, 0.717) is 6.42 Å². The molecule has 1 rings (SSSR count). The number of unbranched alkanes of at least 4 members (excludes halogenated alkanes) is 2. The van der Waals surface area contributed by atoms with E-state index in [9.17, 15) is 4.79 Å². The van der Waals surface area contributed by atoms with Crippen LogP contribution in [0.4, 0.5) is 5.69 Å². The van der Waals surface area contributed by atoms with Crippen molar-refractivity contribution in [1.82, 2.24) is 0 Å². The van der Waals surface area contributed by atoms with Crippen molar-refractivity contribution >= 4 is 11.6 Å². The van der Waals surface area contributed by atoms with Gasteiger partial charge in [0.15, 0.2) is 0 Å². The number of carbonyl (C=O) groups excluding carboxylic acids is 1. The maximum Gasteiger partial charge on any atom is 0.224 e. The molecule has 0 aliphatic rings. The molecule has 100 valence electrons. The first-order valence-electron chi connectivity index (χ1n) is 6.79. The minimum Gasteiger partial charge on any atom is -0.494 e. The lowest BCUT2D eigenvalue weighted by Crippen LogP contribution is -2.10. The predicted octanol–water partition coefficient (Wildman–Crippen LogP) is 3.99. The summed E-state index contributed by atoms with van der Waals surface area (Å²) < 4.78 is 5.48. The van der Waals surface area contributed by atoms with Crippen molar-refractivity contribution in [1.29, 1.82) is 0 Å². The van der Waals surface area contributed by atoms with Crippen LogP contribution in [0.5, 0.6) is 5.75 Å². The highest BCUT2D eigenvalue weighted by molar-refractivity contribution is 5.90. The number of anilines is 1. The standard InChI is InChI=1S/C15H23NO2/c1-3-5-6-7-15(17)16-13-8-10-14(11-9-13)18-12-4-2/h8-11H,3-7,12H2,1-2H3,(H,16,17). The Morgan fingerprint density at radius 3 is 2.44 bits per heavy atom. The van der Waals surface area contributed by atoms with Gasteiger partial charge in [-0.2, -0.15) is 0 Å². The maximum atomic E-state index is 11.6. The molecular weight excluding hydrogens is 226 g/mol. The van der Waals surface area contributed by atoms with Gasteiger partial charge in [-0.1, -0.05) is 26.7 Å². The molecule has 1 aromatic rings. The second-order valence-electron chi connectivity index (χ2n) is 4.38. The molecule has 0 spiro atoms. The molecule has 0 radical (unpaired) electrons. The van der Waals surface area contributed by atoms with Crippen molar-refractivity contribution in [3.8, 4) is 5.75 Å². The van der Waals surface area contributed by atoms with Crippen LogP contribution in [0.2, 0.25) is 0 Å². The Kier molecular flexibility index (Phi) is 6.92. The van der Waals surface area contributed by atoms with Crippen LogP contribution < -0.4 is 10.1 Å². The zero-order chi connectivity index (χ0) is 13.2. The Labute approximate surface area is 110 Å². The summed E-state index contributed by atoms with van der Waals surface area (Å²) in [5.74, 6) is 0.937. The molecule has 3 nitrogen and oxygen atoms in total. The summed E-state index contributed by atoms with van der Waals surface area (Å²) in [4.78, 5) is 11.6. The van der Waals surface area contributed by atoms with Crippen LogP contribution in [0.3, 0.4) is 0 Å². The first kappa shape index (κ1) is 14.6. The number of hydrogen-bond acceptors (Lipinski definition) is 2. The lowest BCUT2D eigenvalue weighted by Gasteiger charge is -2.07. The summed E-state index contributed by atoms with van der Waals surface area (Å²) >= 11 is 0. The molecule has 3 heteroatoms. The van der Waals surface area contributed by atoms with E-state index in [1.54, 1.807) is 0 Å². The minimum absolute atomic E-state index is 0.0886. The van der Waals surface area contributed by atoms with Gasteiger partial charge in [0.2, 0.25) is 5.91 Å². The molecule has 0 heterocycles. The molecular formula is C15H23NO2. The molecule has 0 aromatic heterocycles. The number of amides is 1. The molecule has 0 saturated carbocycles. The van der Waals surface area contributed by atoms with Gasteiger partial charge >= 0.3 is 0 Å². The topological polar surface area (TPSA) is 38.3 Å². The fourth-order valence-electron chi connectivity index (χ4n) is 1.61. The Bertz CT molecular complexity index is 346. The van der Waals surface area contributed by atoms with E-state index < -0.39 is 0 Å². The van der Waals surface area contributed by atoms with Crippen LogP contribution in [0, 0.1) is 0 Å². The number of ether oxygens (including phenoxy) is 1. The molecule has 0 aliphatic heterocycles. The van der Waals surface area contributed by atoms with Crippen molar-refractivity contribution in [2.75, 3.05) is 11.9 Å². The van der Waals surface area contributed by atoms with Crippen LogP contribution in [-0.2, 0) is 4.79 Å². The van der Waals surface area contributed by atoms with Crippen molar-refractivity contribution in [3.63, 3.8) is 0 Å². The van der Waals surface area contributed by atoms with Crippen molar-refractivity contribution in [2.24, 2.45) is 0 Å². The van der Waals surface area contributed by atoms with Gasteiger partial charge in [-0.05, 0) is 37.1 Å². The van der Waals surface area contributed by atoms with Crippen LogP contribution in [0.15, 0.2) is 24.3 Å². The highest BCUT2D eigenvalue weighted by atomic mass is 16.5. The summed E-state index contributed by atoms with van der Waals surface area (Å²) in [5.41, 5.74) is 0.834. The third-order valence-corrected chi connectivity index (χ3v) is 2.62. The number of carbonyl (C=O) groups is 1. The fraction of sp³-hybridized carbons (Fsp3) is 0.533. The highest BCUT2D eigenvalue weighted by Crippen LogP contribution is 2.16. The Balaban J connectivity index is 2.35. The smallest absolute Gasteiger partial charge is 0.224 e. The SMILES string of the molecule is CCCCCC(=O)Nc1ccc(OCCC)cc1. The summed E-state index contributed by atoms with van der Waals surface area (Å²) in [6.45, 7) is 4.93. The van der Waals surface area contributed by atoms with Gasteiger partial charge in [0.25, 0.3) is 0 Å². The van der Waals surface area contributed by atoms with Gasteiger partial charge < -0.3 is 10.1 Å². The van der Waals surface area contributed by atoms with E-state index in [-0.39, 0.29) is 5.91 Å². The molecule has 0 fully saturated rings. The van der Waals surface area contributed by atoms with E-state index in [1.165, 1.54) is 0 Å². The zero-order valence-electron chi connectivity index (χ0n) is 11.4. The number of benzene rings is 1. The van der Waals surface area contributed by atoms with Crippen LogP contribution >= 0.6 is 0 Å². The molecule has 0 atom stereocenters. The molecule has 0 saturated heterocycles. The van der Waals surface area contributed by atoms with Crippen LogP contribution in [0.1, 0.15) is 46.0 Å². The monoisotopic (exact) mass is 249 g/mol. The largest absolute Gasteiger partial charge is 0.494 e. The number of rotatable bonds is 8. The first-order valence-corrected chi connectivity index (χ1v) is 6.79. The third kappa shape index (κ3) is 5.71. The van der Waals surface area contributed by atoms with Gasteiger partial charge in [0.05, 0.1) is 6.61 Å². The molecule has 0 aliphatic carbocycles. The summed E-state index contributed by atoms with van der Waals surface area (Å²) in [5, 5.41) is 2.89. The molecule has 18 heavy (non-hydrogen) atoms. The highest BCUT2D eigenvalue weighted by Gasteiger charge is 2.02. The van der Waals surface area contributed by atoms with Crippen molar-refractivity contribution in [2.45, 2.75) is 46.0 Å². The molecule has 1 N–H and O–H groups in total. The van der Waals surface area contributed by atoms with Gasteiger partial charge in [-0.3, -0.25) is 4.79 Å².